The predicted octanol–water partition coefficient (Wildman–Crippen LogP) is 3.91. The molecule has 0 unspecified atom stereocenters. The summed E-state index contributed by atoms with van der Waals surface area (Å²) in [6, 6.07) is 10.8. The molecule has 10 heteroatoms. The summed E-state index contributed by atoms with van der Waals surface area (Å²) in [5.74, 6) is 1.71. The first-order valence-electron chi connectivity index (χ1n) is 10.7. The number of rotatable bonds is 5. The Hall–Kier alpha value is -3.04. The zero-order valence-electron chi connectivity index (χ0n) is 18.1. The maximum absolute atomic E-state index is 13.5. The zero-order valence-corrected chi connectivity index (χ0v) is 19.7. The lowest BCUT2D eigenvalue weighted by atomic mass is 10.0. The minimum atomic E-state index is -0.769. The Kier molecular flexibility index (Phi) is 5.76. The Labute approximate surface area is 199 Å². The van der Waals surface area contributed by atoms with Gasteiger partial charge in [0.05, 0.1) is 21.8 Å². The molecule has 0 spiro atoms. The molecule has 1 aromatic heterocycles. The molecule has 33 heavy (non-hydrogen) atoms. The number of H-pyrrole nitrogens is 1. The number of aromatic amines is 1. The number of nitrogens with one attached hydrogen (secondary N) is 1. The smallest absolute Gasteiger partial charge is 0.325 e. The molecule has 1 atom stereocenters. The van der Waals surface area contributed by atoms with Gasteiger partial charge in [0.2, 0.25) is 17.9 Å². The number of thioether (sulfide) groups is 1. The maximum Gasteiger partial charge on any atom is 0.325 e. The van der Waals surface area contributed by atoms with Crippen molar-refractivity contribution < 1.29 is 19.0 Å². The molecule has 3 heterocycles. The number of carbonyl (C=O) groups excluding carboxylic acids is 1. The van der Waals surface area contributed by atoms with Crippen LogP contribution < -0.4 is 24.6 Å². The van der Waals surface area contributed by atoms with E-state index < -0.39 is 6.17 Å². The summed E-state index contributed by atoms with van der Waals surface area (Å²) in [6.45, 7) is 4.03. The first-order valence-corrected chi connectivity index (χ1v) is 12.1. The molecule has 2 aliphatic heterocycles. The average Bonchev–Trinajstić information content (AvgIpc) is 3.25. The summed E-state index contributed by atoms with van der Waals surface area (Å²) in [4.78, 5) is 31.3. The minimum Gasteiger partial charge on any atom is -0.454 e. The highest BCUT2D eigenvalue weighted by atomic mass is 35.5. The van der Waals surface area contributed by atoms with Gasteiger partial charge in [-0.3, -0.25) is 14.6 Å². The largest absolute Gasteiger partial charge is 0.454 e. The van der Waals surface area contributed by atoms with Crippen LogP contribution in [0.3, 0.4) is 0 Å². The molecule has 0 fully saturated rings. The number of hydrogen-bond donors (Lipinski definition) is 1. The van der Waals surface area contributed by atoms with Crippen molar-refractivity contribution >= 4 is 35.0 Å². The summed E-state index contributed by atoms with van der Waals surface area (Å²) < 4.78 is 12.7. The van der Waals surface area contributed by atoms with E-state index in [9.17, 15) is 9.59 Å². The van der Waals surface area contributed by atoms with Crippen LogP contribution in [0.4, 0.5) is 5.69 Å². The van der Waals surface area contributed by atoms with Gasteiger partial charge in [-0.25, -0.2) is 4.90 Å². The summed E-state index contributed by atoms with van der Waals surface area (Å²) in [5, 5.41) is 5.61. The fourth-order valence-corrected chi connectivity index (χ4v) is 5.02. The molecular formula is C23H22ClN4O4S+. The van der Waals surface area contributed by atoms with Crippen molar-refractivity contribution in [2.24, 2.45) is 0 Å². The van der Waals surface area contributed by atoms with E-state index in [1.807, 2.05) is 38.1 Å². The van der Waals surface area contributed by atoms with Gasteiger partial charge in [-0.1, -0.05) is 49.3 Å². The molecule has 2 aliphatic rings. The van der Waals surface area contributed by atoms with Crippen molar-refractivity contribution in [2.75, 3.05) is 17.4 Å². The lowest BCUT2D eigenvalue weighted by Crippen LogP contribution is -2.61. The van der Waals surface area contributed by atoms with E-state index in [0.29, 0.717) is 57.0 Å². The number of benzene rings is 2. The second-order valence-electron chi connectivity index (χ2n) is 7.62. The summed E-state index contributed by atoms with van der Waals surface area (Å²) in [7, 11) is 0. The number of carbonyl (C=O) groups is 1. The molecule has 0 saturated heterocycles. The van der Waals surface area contributed by atoms with Gasteiger partial charge in [0.25, 0.3) is 6.17 Å². The van der Waals surface area contributed by atoms with Crippen LogP contribution in [-0.4, -0.2) is 28.5 Å². The van der Waals surface area contributed by atoms with Gasteiger partial charge in [0.15, 0.2) is 11.5 Å². The standard InChI is InChI=1S/C23H21ClN4O4S/c1-3-7-19(29)27-16-9-6-5-8-13(16)20-21(30)25-23(33-4-2)26-28(20)22(27)14-10-17-18(11-15(14)24)32-12-31-17/h5-6,8-11,22H,3-4,7,12H2,1-2H3/p+1/t22-/m0/s1. The number of para-hydroxylation sites is 1. The Morgan fingerprint density at radius 2 is 2.03 bits per heavy atom. The van der Waals surface area contributed by atoms with Gasteiger partial charge in [-0.15, -0.1) is 0 Å². The third kappa shape index (κ3) is 3.65. The van der Waals surface area contributed by atoms with Gasteiger partial charge in [0, 0.05) is 17.6 Å². The van der Waals surface area contributed by atoms with Crippen LogP contribution in [0.2, 0.25) is 5.02 Å². The zero-order chi connectivity index (χ0) is 23.1. The normalized spacial score (nSPS) is 15.8. The van der Waals surface area contributed by atoms with E-state index in [4.69, 9.17) is 26.2 Å². The number of fused-ring (bicyclic) bond motifs is 4. The number of nitrogens with zero attached hydrogens (tertiary/aromatic N) is 3. The molecule has 0 saturated carbocycles. The predicted molar refractivity (Wildman–Crippen MR) is 125 cm³/mol. The Balaban J connectivity index is 1.82. The van der Waals surface area contributed by atoms with E-state index in [1.165, 1.54) is 11.8 Å². The van der Waals surface area contributed by atoms with Gasteiger partial charge in [0.1, 0.15) is 0 Å². The molecule has 0 aliphatic carbocycles. The van der Waals surface area contributed by atoms with Crippen LogP contribution in [0.25, 0.3) is 11.3 Å². The number of hydrogen-bond acceptors (Lipinski definition) is 6. The van der Waals surface area contributed by atoms with Crippen molar-refractivity contribution in [1.29, 1.82) is 0 Å². The van der Waals surface area contributed by atoms with Crippen molar-refractivity contribution in [2.45, 2.75) is 38.0 Å². The van der Waals surface area contributed by atoms with Crippen LogP contribution in [0.5, 0.6) is 11.5 Å². The molecular weight excluding hydrogens is 464 g/mol. The fraction of sp³-hybridized carbons (Fsp3) is 0.304. The summed E-state index contributed by atoms with van der Waals surface area (Å²) in [6.07, 6.45) is 0.244. The molecule has 0 radical (unpaired) electrons. The van der Waals surface area contributed by atoms with E-state index in [1.54, 1.807) is 21.7 Å². The highest BCUT2D eigenvalue weighted by Gasteiger charge is 2.46. The Morgan fingerprint density at radius 3 is 2.79 bits per heavy atom. The molecule has 8 nitrogen and oxygen atoms in total. The second kappa shape index (κ2) is 8.72. The second-order valence-corrected chi connectivity index (χ2v) is 9.28. The minimum absolute atomic E-state index is 0.0893. The van der Waals surface area contributed by atoms with E-state index in [0.717, 1.165) is 5.75 Å². The number of ether oxygens (including phenoxy) is 2. The lowest BCUT2D eigenvalue weighted by Gasteiger charge is -2.32. The highest BCUT2D eigenvalue weighted by Crippen LogP contribution is 2.43. The van der Waals surface area contributed by atoms with Gasteiger partial charge in [-0.05, 0) is 35.1 Å². The van der Waals surface area contributed by atoms with Crippen LogP contribution in [0.1, 0.15) is 38.4 Å². The SMILES string of the molecule is CCCC(=O)N1c2ccccc2-c2c(=O)[nH]c(SCC)n[n+]2[C@H]1c1cc2c(cc1Cl)OCO2. The number of amides is 1. The molecule has 0 bridgehead atoms. The summed E-state index contributed by atoms with van der Waals surface area (Å²) >= 11 is 8.13. The highest BCUT2D eigenvalue weighted by molar-refractivity contribution is 7.99. The Morgan fingerprint density at radius 1 is 1.27 bits per heavy atom. The number of aromatic nitrogens is 3. The van der Waals surface area contributed by atoms with E-state index in [2.05, 4.69) is 4.98 Å². The van der Waals surface area contributed by atoms with Crippen molar-refractivity contribution in [1.82, 2.24) is 10.1 Å². The molecule has 3 aromatic rings. The molecule has 2 aromatic carbocycles. The summed E-state index contributed by atoms with van der Waals surface area (Å²) in [5.41, 5.74) is 1.95. The molecule has 170 valence electrons. The fourth-order valence-electron chi connectivity index (χ4n) is 4.19. The lowest BCUT2D eigenvalue weighted by molar-refractivity contribution is -0.763. The van der Waals surface area contributed by atoms with Gasteiger partial charge < -0.3 is 9.47 Å². The maximum atomic E-state index is 13.5. The number of halogens is 1. The molecule has 1 N–H and O–H groups in total. The average molecular weight is 486 g/mol. The Bertz CT molecular complexity index is 1310. The van der Waals surface area contributed by atoms with Crippen molar-refractivity contribution in [3.05, 3.63) is 57.3 Å². The quantitative estimate of drug-likeness (QED) is 0.435. The van der Waals surface area contributed by atoms with Crippen LogP contribution in [0, 0.1) is 0 Å². The van der Waals surface area contributed by atoms with Crippen LogP contribution in [0.15, 0.2) is 46.3 Å². The van der Waals surface area contributed by atoms with E-state index >= 15 is 0 Å². The van der Waals surface area contributed by atoms with Gasteiger partial charge >= 0.3 is 11.3 Å². The molecule has 5 rings (SSSR count). The third-order valence-corrected chi connectivity index (χ3v) is 6.61. The molecule has 1 amide bonds. The van der Waals surface area contributed by atoms with Crippen molar-refractivity contribution in [3.8, 4) is 22.8 Å². The van der Waals surface area contributed by atoms with Crippen LogP contribution in [-0.2, 0) is 4.79 Å². The van der Waals surface area contributed by atoms with Crippen molar-refractivity contribution in [3.63, 3.8) is 0 Å². The van der Waals surface area contributed by atoms with Crippen LogP contribution >= 0.6 is 23.4 Å². The number of anilines is 1. The monoisotopic (exact) mass is 485 g/mol. The first kappa shape index (κ1) is 21.8. The first-order chi connectivity index (χ1) is 16.0. The third-order valence-electron chi connectivity index (χ3n) is 5.54. The van der Waals surface area contributed by atoms with Gasteiger partial charge in [-0.2, -0.15) is 0 Å². The van der Waals surface area contributed by atoms with E-state index in [-0.39, 0.29) is 18.3 Å². The topological polar surface area (TPSA) is 88.4 Å².